The number of carboxylic acid groups (broad SMARTS) is 1. The highest BCUT2D eigenvalue weighted by Gasteiger charge is 2.18. The molecule has 0 saturated carbocycles. The summed E-state index contributed by atoms with van der Waals surface area (Å²) in [7, 11) is 0. The maximum Gasteiger partial charge on any atom is 0.326 e. The van der Waals surface area contributed by atoms with Gasteiger partial charge in [0, 0.05) is 19.4 Å². The van der Waals surface area contributed by atoms with E-state index in [9.17, 15) is 14.4 Å². The van der Waals surface area contributed by atoms with Gasteiger partial charge < -0.3 is 15.7 Å². The molecule has 1 unspecified atom stereocenters. The van der Waals surface area contributed by atoms with E-state index in [0.717, 1.165) is 0 Å². The molecule has 0 bridgehead atoms. The van der Waals surface area contributed by atoms with Gasteiger partial charge in [0.2, 0.25) is 11.8 Å². The van der Waals surface area contributed by atoms with Crippen molar-refractivity contribution in [2.45, 2.75) is 45.6 Å². The third kappa shape index (κ3) is 7.32. The molecule has 0 aliphatic heterocycles. The van der Waals surface area contributed by atoms with Crippen molar-refractivity contribution in [2.24, 2.45) is 0 Å². The van der Waals surface area contributed by atoms with Crippen LogP contribution >= 0.6 is 0 Å². The Labute approximate surface area is 101 Å². The van der Waals surface area contributed by atoms with Crippen LogP contribution in [0.15, 0.2) is 0 Å². The van der Waals surface area contributed by atoms with E-state index in [0.29, 0.717) is 25.8 Å². The van der Waals surface area contributed by atoms with Gasteiger partial charge in [-0.2, -0.15) is 0 Å². The molecule has 0 aromatic rings. The SMILES string of the molecule is CCC(=O)NCCCC(NC(=O)CC)C(=O)O. The molecule has 1 atom stereocenters. The molecule has 0 aromatic carbocycles. The van der Waals surface area contributed by atoms with Crippen LogP contribution in [0, 0.1) is 0 Å². The molecule has 0 aromatic heterocycles. The maximum absolute atomic E-state index is 11.1. The smallest absolute Gasteiger partial charge is 0.326 e. The Morgan fingerprint density at radius 3 is 2.18 bits per heavy atom. The quantitative estimate of drug-likeness (QED) is 0.534. The van der Waals surface area contributed by atoms with Gasteiger partial charge in [-0.05, 0) is 12.8 Å². The molecule has 6 nitrogen and oxygen atoms in total. The summed E-state index contributed by atoms with van der Waals surface area (Å²) in [6, 6.07) is -0.874. The first-order chi connectivity index (χ1) is 8.01. The predicted molar refractivity (Wildman–Crippen MR) is 62.4 cm³/mol. The number of hydrogen-bond acceptors (Lipinski definition) is 3. The Hall–Kier alpha value is -1.59. The van der Waals surface area contributed by atoms with Crippen LogP contribution in [0.2, 0.25) is 0 Å². The van der Waals surface area contributed by atoms with Crippen LogP contribution in [0.3, 0.4) is 0 Å². The molecule has 0 heterocycles. The van der Waals surface area contributed by atoms with Gasteiger partial charge in [-0.3, -0.25) is 9.59 Å². The molecule has 0 rings (SSSR count). The number of amides is 2. The monoisotopic (exact) mass is 244 g/mol. The molecule has 3 N–H and O–H groups in total. The number of carbonyl (C=O) groups is 3. The molecule has 0 saturated heterocycles. The van der Waals surface area contributed by atoms with E-state index in [1.165, 1.54) is 0 Å². The Morgan fingerprint density at radius 2 is 1.71 bits per heavy atom. The molecular weight excluding hydrogens is 224 g/mol. The van der Waals surface area contributed by atoms with Crippen LogP contribution in [-0.4, -0.2) is 35.5 Å². The zero-order valence-electron chi connectivity index (χ0n) is 10.3. The summed E-state index contributed by atoms with van der Waals surface area (Å²) in [4.78, 5) is 32.8. The van der Waals surface area contributed by atoms with Crippen LogP contribution in [0.1, 0.15) is 39.5 Å². The Morgan fingerprint density at radius 1 is 1.12 bits per heavy atom. The lowest BCUT2D eigenvalue weighted by Crippen LogP contribution is -2.41. The number of hydrogen-bond donors (Lipinski definition) is 3. The summed E-state index contributed by atoms with van der Waals surface area (Å²) < 4.78 is 0. The average Bonchev–Trinajstić information content (AvgIpc) is 2.31. The third-order valence-corrected chi connectivity index (χ3v) is 2.27. The minimum absolute atomic E-state index is 0.0607. The van der Waals surface area contributed by atoms with Crippen molar-refractivity contribution in [1.29, 1.82) is 0 Å². The summed E-state index contributed by atoms with van der Waals surface area (Å²) >= 11 is 0. The van der Waals surface area contributed by atoms with Gasteiger partial charge in [0.05, 0.1) is 0 Å². The predicted octanol–water partition coefficient (Wildman–Crippen LogP) is 0.272. The normalized spacial score (nSPS) is 11.6. The zero-order valence-corrected chi connectivity index (χ0v) is 10.3. The van der Waals surface area contributed by atoms with Crippen LogP contribution < -0.4 is 10.6 Å². The second-order valence-electron chi connectivity index (χ2n) is 3.66. The highest BCUT2D eigenvalue weighted by molar-refractivity contribution is 5.83. The average molecular weight is 244 g/mol. The minimum Gasteiger partial charge on any atom is -0.480 e. The summed E-state index contributed by atoms with van der Waals surface area (Å²) in [6.07, 6.45) is 1.50. The molecule has 0 aliphatic rings. The summed E-state index contributed by atoms with van der Waals surface area (Å²) in [5.74, 6) is -1.39. The molecule has 2 amide bonds. The fraction of sp³-hybridized carbons (Fsp3) is 0.727. The highest BCUT2D eigenvalue weighted by atomic mass is 16.4. The molecule has 17 heavy (non-hydrogen) atoms. The first-order valence-corrected chi connectivity index (χ1v) is 5.80. The number of rotatable bonds is 8. The van der Waals surface area contributed by atoms with Crippen LogP contribution in [-0.2, 0) is 14.4 Å². The molecule has 98 valence electrons. The summed E-state index contributed by atoms with van der Waals surface area (Å²) in [6.45, 7) is 3.84. The van der Waals surface area contributed by atoms with Gasteiger partial charge in [0.15, 0.2) is 0 Å². The molecular formula is C11H20N2O4. The summed E-state index contributed by atoms with van der Waals surface area (Å²) in [5, 5.41) is 13.9. The van der Waals surface area contributed by atoms with Crippen molar-refractivity contribution < 1.29 is 19.5 Å². The molecule has 0 fully saturated rings. The molecule has 0 radical (unpaired) electrons. The molecule has 0 aliphatic carbocycles. The molecule has 6 heteroatoms. The topological polar surface area (TPSA) is 95.5 Å². The van der Waals surface area contributed by atoms with Crippen LogP contribution in [0.5, 0.6) is 0 Å². The lowest BCUT2D eigenvalue weighted by Gasteiger charge is -2.13. The lowest BCUT2D eigenvalue weighted by molar-refractivity contribution is -0.142. The van der Waals surface area contributed by atoms with Gasteiger partial charge in [0.25, 0.3) is 0 Å². The second kappa shape index (κ2) is 8.55. The number of carboxylic acids is 1. The molecule has 0 spiro atoms. The van der Waals surface area contributed by atoms with Gasteiger partial charge in [-0.1, -0.05) is 13.8 Å². The fourth-order valence-electron chi connectivity index (χ4n) is 1.21. The minimum atomic E-state index is -1.05. The third-order valence-electron chi connectivity index (χ3n) is 2.27. The van der Waals surface area contributed by atoms with Crippen LogP contribution in [0.4, 0.5) is 0 Å². The van der Waals surface area contributed by atoms with Gasteiger partial charge in [-0.25, -0.2) is 4.79 Å². The fourth-order valence-corrected chi connectivity index (χ4v) is 1.21. The number of nitrogens with one attached hydrogen (secondary N) is 2. The van der Waals surface area contributed by atoms with E-state index in [4.69, 9.17) is 5.11 Å². The van der Waals surface area contributed by atoms with Gasteiger partial charge >= 0.3 is 5.97 Å². The van der Waals surface area contributed by atoms with Crippen LogP contribution in [0.25, 0.3) is 0 Å². The maximum atomic E-state index is 11.1. The van der Waals surface area contributed by atoms with E-state index < -0.39 is 12.0 Å². The standard InChI is InChI=1S/C11H20N2O4/c1-3-9(14)12-7-5-6-8(11(16)17)13-10(15)4-2/h8H,3-7H2,1-2H3,(H,12,14)(H,13,15)(H,16,17). The van der Waals surface area contributed by atoms with E-state index in [2.05, 4.69) is 10.6 Å². The first-order valence-electron chi connectivity index (χ1n) is 5.80. The highest BCUT2D eigenvalue weighted by Crippen LogP contribution is 1.98. The van der Waals surface area contributed by atoms with Gasteiger partial charge in [0.1, 0.15) is 6.04 Å². The number of carbonyl (C=O) groups excluding carboxylic acids is 2. The Balaban J connectivity index is 3.90. The van der Waals surface area contributed by atoms with Crippen molar-refractivity contribution in [2.75, 3.05) is 6.54 Å². The van der Waals surface area contributed by atoms with Crippen molar-refractivity contribution in [3.05, 3.63) is 0 Å². The van der Waals surface area contributed by atoms with Crippen molar-refractivity contribution in [3.63, 3.8) is 0 Å². The second-order valence-corrected chi connectivity index (χ2v) is 3.66. The largest absolute Gasteiger partial charge is 0.480 e. The number of aliphatic carboxylic acids is 1. The van der Waals surface area contributed by atoms with E-state index in [1.54, 1.807) is 13.8 Å². The Kier molecular flexibility index (Phi) is 7.75. The van der Waals surface area contributed by atoms with Crippen molar-refractivity contribution in [3.8, 4) is 0 Å². The lowest BCUT2D eigenvalue weighted by atomic mass is 10.1. The first kappa shape index (κ1) is 15.4. The van der Waals surface area contributed by atoms with E-state index in [-0.39, 0.29) is 18.2 Å². The van der Waals surface area contributed by atoms with E-state index >= 15 is 0 Å². The van der Waals surface area contributed by atoms with Gasteiger partial charge in [-0.15, -0.1) is 0 Å². The van der Waals surface area contributed by atoms with E-state index in [1.807, 2.05) is 0 Å². The summed E-state index contributed by atoms with van der Waals surface area (Å²) in [5.41, 5.74) is 0. The van der Waals surface area contributed by atoms with Crippen molar-refractivity contribution >= 4 is 17.8 Å². The van der Waals surface area contributed by atoms with Crippen molar-refractivity contribution in [1.82, 2.24) is 10.6 Å². The zero-order chi connectivity index (χ0) is 13.3. The Bertz CT molecular complexity index is 279.